The molecule has 0 aliphatic rings. The van der Waals surface area contributed by atoms with E-state index in [9.17, 15) is 8.78 Å². The fourth-order valence-electron chi connectivity index (χ4n) is 15.6. The number of nitrogens with one attached hydrogen (secondary N) is 6. The van der Waals surface area contributed by atoms with Gasteiger partial charge in [-0.2, -0.15) is 29.9 Å². The van der Waals surface area contributed by atoms with Gasteiger partial charge in [0.05, 0.1) is 46.3 Å². The van der Waals surface area contributed by atoms with Gasteiger partial charge >= 0.3 is 0 Å². The van der Waals surface area contributed by atoms with Crippen LogP contribution in [0.5, 0.6) is 11.5 Å². The molecule has 732 valence electrons. The summed E-state index contributed by atoms with van der Waals surface area (Å²) in [7, 11) is 1.70. The van der Waals surface area contributed by atoms with Gasteiger partial charge in [0.25, 0.3) is 0 Å². The molecular weight excluding hydrogens is 1900 g/mol. The van der Waals surface area contributed by atoms with Gasteiger partial charge in [0.15, 0.2) is 34.9 Å². The van der Waals surface area contributed by atoms with Crippen LogP contribution in [0.3, 0.4) is 0 Å². The number of unbranched alkanes of at least 4 members (excludes halogenated alkanes) is 6. The highest BCUT2D eigenvalue weighted by atomic mass is 79.9. The van der Waals surface area contributed by atoms with E-state index in [2.05, 4.69) is 226 Å². The van der Waals surface area contributed by atoms with Crippen LogP contribution < -0.4 is 71.0 Å². The number of hydrogen-bond acceptors (Lipinski definition) is 26. The molecule has 140 heavy (non-hydrogen) atoms. The molecule has 0 atom stereocenters. The van der Waals surface area contributed by atoms with Crippen LogP contribution in [0.25, 0.3) is 66.2 Å². The van der Waals surface area contributed by atoms with Gasteiger partial charge in [0, 0.05) is 131 Å². The third kappa shape index (κ3) is 28.5. The Labute approximate surface area is 831 Å². The van der Waals surface area contributed by atoms with Gasteiger partial charge in [-0.25, -0.2) is 38.7 Å². The zero-order chi connectivity index (χ0) is 98.7. The second kappa shape index (κ2) is 52.1. The minimum Gasteiger partial charge on any atom is -0.457 e. The molecule has 0 bridgehead atoms. The van der Waals surface area contributed by atoms with E-state index in [-0.39, 0.29) is 29.5 Å². The summed E-state index contributed by atoms with van der Waals surface area (Å²) in [6.07, 6.45) is 25.1. The average Bonchev–Trinajstić information content (AvgIpc) is 1.65. The molecule has 0 saturated heterocycles. The number of benzene rings is 6. The number of ether oxygens (including phenoxy) is 2. The highest BCUT2D eigenvalue weighted by Crippen LogP contribution is 2.34. The number of nitrogen functional groups attached to an aromatic ring is 6. The van der Waals surface area contributed by atoms with E-state index in [0.29, 0.717) is 49.9 Å². The smallest absolute Gasteiger partial charge is 0.222 e. The molecule has 18 aromatic rings. The topological polar surface area (TPSA) is 431 Å². The number of nitrogens with two attached hydrogens (primary N) is 6. The predicted molar refractivity (Wildman–Crippen MR) is 573 cm³/mol. The minimum atomic E-state index is -0.258. The van der Waals surface area contributed by atoms with Crippen molar-refractivity contribution in [3.63, 3.8) is 0 Å². The quantitative estimate of drug-likeness (QED) is 0.0159. The van der Waals surface area contributed by atoms with E-state index >= 15 is 0 Å². The van der Waals surface area contributed by atoms with Gasteiger partial charge in [-0.05, 0) is 152 Å². The van der Waals surface area contributed by atoms with Crippen molar-refractivity contribution in [2.75, 3.05) is 119 Å². The van der Waals surface area contributed by atoms with Gasteiger partial charge in [-0.1, -0.05) is 209 Å². The molecule has 12 aromatic heterocycles. The summed E-state index contributed by atoms with van der Waals surface area (Å²) in [5.41, 5.74) is 50.9. The van der Waals surface area contributed by atoms with Crippen LogP contribution >= 0.6 is 31.9 Å². The number of halogens is 4. The Balaban J connectivity index is 0.000000142. The molecule has 0 aliphatic carbocycles. The molecular formula is C104H126Br2F2N30O2. The molecule has 18 N–H and O–H groups in total. The number of methoxy groups -OCH3 is 1. The summed E-state index contributed by atoms with van der Waals surface area (Å²) in [6, 6.07) is 59.4. The second-order valence-electron chi connectivity index (χ2n) is 33.4. The Hall–Kier alpha value is -14.8. The number of para-hydroxylation sites is 2. The number of rotatable bonds is 39. The third-order valence-electron chi connectivity index (χ3n) is 22.6. The molecule has 36 heteroatoms. The van der Waals surface area contributed by atoms with Gasteiger partial charge in [-0.3, -0.25) is 0 Å². The second-order valence-corrected chi connectivity index (χ2v) is 35.1. The van der Waals surface area contributed by atoms with Crippen LogP contribution in [-0.2, 0) is 44.0 Å². The summed E-state index contributed by atoms with van der Waals surface area (Å²) in [4.78, 5) is 52.1. The van der Waals surface area contributed by atoms with Crippen molar-refractivity contribution in [3.8, 4) is 11.5 Å². The van der Waals surface area contributed by atoms with E-state index in [4.69, 9.17) is 43.9 Å². The normalized spacial score (nSPS) is 11.0. The molecule has 18 rings (SSSR count). The molecule has 0 spiro atoms. The first-order valence-electron chi connectivity index (χ1n) is 47.6. The summed E-state index contributed by atoms with van der Waals surface area (Å²) >= 11 is 7.08. The summed E-state index contributed by atoms with van der Waals surface area (Å²) in [5.74, 6) is 7.47. The van der Waals surface area contributed by atoms with Crippen molar-refractivity contribution in [2.24, 2.45) is 0 Å². The third-order valence-corrected chi connectivity index (χ3v) is 24.2. The van der Waals surface area contributed by atoms with Crippen molar-refractivity contribution in [1.82, 2.24) is 87.2 Å². The van der Waals surface area contributed by atoms with Crippen LogP contribution in [0.1, 0.15) is 146 Å². The van der Waals surface area contributed by atoms with E-state index in [0.717, 1.165) is 268 Å². The maximum atomic E-state index is 13.5. The minimum absolute atomic E-state index is 0.235. The van der Waals surface area contributed by atoms with Crippen molar-refractivity contribution >= 4 is 169 Å². The standard InChI is InChI=1S/C23H25N5O.C17H19BrFN5.C17H20BrN5.C17H20FN5.C17H21N5.C13H21N5O/c1-2-3-14-25-22-21-19(26-23(24)27-22)13-15-28(21)16-17-9-7-8-12-20(17)29-18-10-5-4-6-11-18;1-2-3-7-21-16-15-14(22-17(20)23-16)6-8-24(15)10-11-9-12(19)4-5-13(11)18;1-2-3-9-20-16-15-14(21-17(19)22-16)8-10-23(15)11-12-6-4-5-7-13(12)18;1-2-3-8-20-16-15-14(21-17(19)22-16)7-9-23(15)11-12-5-4-6-13(18)10-12;1-2-3-10-19-16-15-14(20-17(18)21-16)9-11-22(15)12-13-7-5-4-6-8-13;1-3-4-6-15-12-11-10(16-13(14)17-12)5-7-18(11)8-9-19-2/h4-13,15H,2-3,14,16H2,1H3,(H3,24,25,26,27);4-6,8-9H,2-3,7,10H2,1H3,(H3,20,21,22,23);4-8,10H,2-3,9,11H2,1H3,(H3,19,20,21,22);4-7,9-10H,2-3,8,11H2,1H3,(H3,19,20,21,22);4-9,11H,2-3,10,12H2,1H3,(H3,18,19,20,21);5,7H,3-4,6,8-9H2,1-2H3,(H3,14,15,16,17). The lowest BCUT2D eigenvalue weighted by molar-refractivity contribution is 0.188. The Kier molecular flexibility index (Phi) is 38.2. The maximum Gasteiger partial charge on any atom is 0.222 e. The lowest BCUT2D eigenvalue weighted by Gasteiger charge is -2.14. The SMILES string of the molecule is CCCCNc1nc(N)nc2ccn(CCOC)c12.CCCCNc1nc(N)nc2ccn(Cc3cc(F)ccc3Br)c12.CCCCNc1nc(N)nc2ccn(Cc3cccc(F)c3)c12.CCCCNc1nc(N)nc2ccn(Cc3ccccc3)c12.CCCCNc1nc(N)nc2ccn(Cc3ccccc3Br)c12.CCCCNc1nc(N)nc2ccn(Cc3ccccc3Oc3ccccc3)c12. The lowest BCUT2D eigenvalue weighted by atomic mass is 10.2. The Morgan fingerprint density at radius 2 is 0.593 bits per heavy atom. The maximum absolute atomic E-state index is 13.5. The Morgan fingerprint density at radius 1 is 0.293 bits per heavy atom. The highest BCUT2D eigenvalue weighted by Gasteiger charge is 2.21. The zero-order valence-corrected chi connectivity index (χ0v) is 83.6. The van der Waals surface area contributed by atoms with Crippen LogP contribution in [-0.4, -0.2) is 140 Å². The monoisotopic (exact) mass is 2020 g/mol. The number of nitrogens with zero attached hydrogens (tertiary/aromatic N) is 18. The first-order valence-corrected chi connectivity index (χ1v) is 49.2. The Morgan fingerprint density at radius 3 is 0.964 bits per heavy atom. The lowest BCUT2D eigenvalue weighted by Crippen LogP contribution is -2.10. The number of fused-ring (bicyclic) bond motifs is 6. The number of hydrogen-bond donors (Lipinski definition) is 12. The number of anilines is 12. The molecule has 32 nitrogen and oxygen atoms in total. The molecule has 0 saturated carbocycles. The van der Waals surface area contributed by atoms with Crippen LogP contribution in [0.2, 0.25) is 0 Å². The van der Waals surface area contributed by atoms with Crippen molar-refractivity contribution < 1.29 is 18.3 Å². The largest absolute Gasteiger partial charge is 0.457 e. The molecule has 6 aromatic carbocycles. The van der Waals surface area contributed by atoms with Crippen molar-refractivity contribution in [2.45, 2.75) is 158 Å². The molecule has 0 radical (unpaired) electrons. The summed E-state index contributed by atoms with van der Waals surface area (Å²) in [5, 5.41) is 20.2. The first-order chi connectivity index (χ1) is 68.2. The molecule has 0 amide bonds. The average molecular weight is 2030 g/mol. The molecule has 0 fully saturated rings. The first kappa shape index (κ1) is 103. The van der Waals surface area contributed by atoms with E-state index in [1.807, 2.05) is 156 Å². The summed E-state index contributed by atoms with van der Waals surface area (Å²) in [6.45, 7) is 22.8. The van der Waals surface area contributed by atoms with Crippen LogP contribution in [0, 0.1) is 11.6 Å². The van der Waals surface area contributed by atoms with Gasteiger partial charge in [0.1, 0.15) is 56.2 Å². The molecule has 0 aliphatic heterocycles. The Bertz CT molecular complexity index is 6990. The predicted octanol–water partition coefficient (Wildman–Crippen LogP) is 21.8. The van der Waals surface area contributed by atoms with Gasteiger partial charge in [-0.15, -0.1) is 0 Å². The van der Waals surface area contributed by atoms with Gasteiger partial charge in [0.2, 0.25) is 35.7 Å². The molecule has 12 heterocycles. The van der Waals surface area contributed by atoms with Gasteiger partial charge < -0.3 is 103 Å². The van der Waals surface area contributed by atoms with E-state index in [1.165, 1.54) is 35.4 Å². The van der Waals surface area contributed by atoms with Crippen LogP contribution in [0.15, 0.2) is 234 Å². The number of aromatic nitrogens is 18. The van der Waals surface area contributed by atoms with Crippen LogP contribution in [0.4, 0.5) is 79.4 Å². The van der Waals surface area contributed by atoms with Crippen molar-refractivity contribution in [1.29, 1.82) is 0 Å². The van der Waals surface area contributed by atoms with Crippen molar-refractivity contribution in [3.05, 3.63) is 274 Å². The fraction of sp³-hybridized carbons (Fsp3) is 0.308. The van der Waals surface area contributed by atoms with E-state index < -0.39 is 0 Å². The fourth-order valence-corrected chi connectivity index (χ4v) is 16.4. The van der Waals surface area contributed by atoms with E-state index in [1.54, 1.807) is 19.2 Å². The summed E-state index contributed by atoms with van der Waals surface area (Å²) < 4.78 is 52.7. The molecule has 0 unspecified atom stereocenters. The zero-order valence-electron chi connectivity index (χ0n) is 80.4. The highest BCUT2D eigenvalue weighted by molar-refractivity contribution is 9.10.